The van der Waals surface area contributed by atoms with Crippen LogP contribution in [0, 0.1) is 0 Å². The molecule has 19 heavy (non-hydrogen) atoms. The fourth-order valence-corrected chi connectivity index (χ4v) is 2.65. The number of aromatic hydroxyl groups is 1. The number of benzene rings is 1. The summed E-state index contributed by atoms with van der Waals surface area (Å²) >= 11 is 0. The zero-order chi connectivity index (χ0) is 13.8. The maximum Gasteiger partial charge on any atom is 0.126 e. The summed E-state index contributed by atoms with van der Waals surface area (Å²) in [5.74, 6) is 1.24. The number of methoxy groups -OCH3 is 1. The number of hydrogen-bond donors (Lipinski definition) is 1. The number of allylic oxidation sites excluding steroid dienone is 3. The van der Waals surface area contributed by atoms with E-state index in [1.165, 1.54) is 17.5 Å². The Morgan fingerprint density at radius 3 is 2.89 bits per heavy atom. The topological polar surface area (TPSA) is 29.5 Å². The summed E-state index contributed by atoms with van der Waals surface area (Å²) in [6.45, 7) is 3.92. The number of fused-ring (bicyclic) bond motifs is 1. The average Bonchev–Trinajstić information content (AvgIpc) is 2.87. The third-order valence-electron chi connectivity index (χ3n) is 3.74. The van der Waals surface area contributed by atoms with Gasteiger partial charge >= 0.3 is 0 Å². The van der Waals surface area contributed by atoms with Crippen LogP contribution in [0.5, 0.6) is 5.75 Å². The van der Waals surface area contributed by atoms with Crippen molar-refractivity contribution in [3.05, 3.63) is 46.2 Å². The first kappa shape index (κ1) is 13.7. The molecule has 0 saturated carbocycles. The van der Waals surface area contributed by atoms with Gasteiger partial charge in [0.1, 0.15) is 5.75 Å². The standard InChI is InChI=1S/C17H22O2/c1-4-5-7-14-11-13-8-6-9-15(13)16(17(14)18)10-12(2)19-3/h4-5,10-11,18H,6-9H2,1-3H3/b5-4+,12-10+. The Bertz CT molecular complexity index is 525. The zero-order valence-electron chi connectivity index (χ0n) is 12.0. The molecule has 1 N–H and O–H groups in total. The lowest BCUT2D eigenvalue weighted by atomic mass is 9.96. The van der Waals surface area contributed by atoms with Gasteiger partial charge in [-0.1, -0.05) is 18.2 Å². The molecule has 0 aliphatic heterocycles. The van der Waals surface area contributed by atoms with Gasteiger partial charge in [-0.2, -0.15) is 0 Å². The van der Waals surface area contributed by atoms with E-state index in [2.05, 4.69) is 12.1 Å². The van der Waals surface area contributed by atoms with Crippen molar-refractivity contribution < 1.29 is 9.84 Å². The molecule has 0 spiro atoms. The lowest BCUT2D eigenvalue weighted by molar-refractivity contribution is 0.297. The van der Waals surface area contributed by atoms with E-state index in [0.29, 0.717) is 5.75 Å². The van der Waals surface area contributed by atoms with Crippen molar-refractivity contribution in [1.29, 1.82) is 0 Å². The molecule has 0 amide bonds. The van der Waals surface area contributed by atoms with E-state index in [4.69, 9.17) is 4.74 Å². The van der Waals surface area contributed by atoms with Crippen LogP contribution in [0.4, 0.5) is 0 Å². The van der Waals surface area contributed by atoms with Crippen molar-refractivity contribution in [3.63, 3.8) is 0 Å². The number of ether oxygens (including phenoxy) is 1. The van der Waals surface area contributed by atoms with Crippen LogP contribution in [0.3, 0.4) is 0 Å². The fraction of sp³-hybridized carbons (Fsp3) is 0.412. The van der Waals surface area contributed by atoms with Gasteiger partial charge < -0.3 is 9.84 Å². The smallest absolute Gasteiger partial charge is 0.126 e. The molecule has 0 heterocycles. The minimum atomic E-state index is 0.412. The van der Waals surface area contributed by atoms with E-state index in [0.717, 1.165) is 36.1 Å². The van der Waals surface area contributed by atoms with Crippen molar-refractivity contribution in [3.8, 4) is 5.75 Å². The van der Waals surface area contributed by atoms with Gasteiger partial charge in [0.15, 0.2) is 0 Å². The van der Waals surface area contributed by atoms with E-state index >= 15 is 0 Å². The Kier molecular flexibility index (Phi) is 4.31. The lowest BCUT2D eigenvalue weighted by Gasteiger charge is -2.13. The van der Waals surface area contributed by atoms with E-state index in [-0.39, 0.29) is 0 Å². The molecule has 1 aromatic carbocycles. The van der Waals surface area contributed by atoms with Crippen LogP contribution in [0.15, 0.2) is 24.0 Å². The van der Waals surface area contributed by atoms with Gasteiger partial charge in [-0.3, -0.25) is 0 Å². The molecular weight excluding hydrogens is 236 g/mol. The van der Waals surface area contributed by atoms with Gasteiger partial charge in [-0.15, -0.1) is 0 Å². The van der Waals surface area contributed by atoms with Crippen molar-refractivity contribution in [1.82, 2.24) is 0 Å². The first-order valence-electron chi connectivity index (χ1n) is 6.87. The SMILES string of the molecule is C/C=C/Cc1cc2c(c(/C=C(\C)OC)c1O)CCC2. The maximum absolute atomic E-state index is 10.5. The third kappa shape index (κ3) is 2.83. The first-order chi connectivity index (χ1) is 9.17. The quantitative estimate of drug-likeness (QED) is 0.653. The second kappa shape index (κ2) is 5.96. The highest BCUT2D eigenvalue weighted by atomic mass is 16.5. The van der Waals surface area contributed by atoms with Crippen LogP contribution in [0.2, 0.25) is 0 Å². The molecule has 0 bridgehead atoms. The summed E-state index contributed by atoms with van der Waals surface area (Å²) in [5.41, 5.74) is 4.63. The molecule has 0 unspecified atom stereocenters. The summed E-state index contributed by atoms with van der Waals surface area (Å²) < 4.78 is 5.23. The monoisotopic (exact) mass is 258 g/mol. The number of hydrogen-bond acceptors (Lipinski definition) is 2. The molecule has 0 fully saturated rings. The summed E-state index contributed by atoms with van der Waals surface area (Å²) in [7, 11) is 1.66. The van der Waals surface area contributed by atoms with E-state index in [9.17, 15) is 5.11 Å². The third-order valence-corrected chi connectivity index (χ3v) is 3.74. The van der Waals surface area contributed by atoms with Gasteiger partial charge in [-0.25, -0.2) is 0 Å². The summed E-state index contributed by atoms with van der Waals surface area (Å²) in [5, 5.41) is 10.5. The van der Waals surface area contributed by atoms with Crippen molar-refractivity contribution >= 4 is 6.08 Å². The summed E-state index contributed by atoms with van der Waals surface area (Å²) in [6.07, 6.45) is 10.2. The molecule has 0 aromatic heterocycles. The van der Waals surface area contributed by atoms with Crippen LogP contribution in [-0.4, -0.2) is 12.2 Å². The molecule has 0 saturated heterocycles. The van der Waals surface area contributed by atoms with Gasteiger partial charge in [0.2, 0.25) is 0 Å². The minimum Gasteiger partial charge on any atom is -0.507 e. The molecule has 2 nitrogen and oxygen atoms in total. The number of aryl methyl sites for hydroxylation is 1. The molecule has 1 aliphatic rings. The van der Waals surface area contributed by atoms with Crippen LogP contribution in [0.1, 0.15) is 42.5 Å². The van der Waals surface area contributed by atoms with Gasteiger partial charge in [0.25, 0.3) is 0 Å². The number of phenols is 1. The molecule has 0 radical (unpaired) electrons. The fourth-order valence-electron chi connectivity index (χ4n) is 2.65. The van der Waals surface area contributed by atoms with Crippen LogP contribution in [0.25, 0.3) is 6.08 Å². The molecule has 1 aliphatic carbocycles. The number of phenolic OH excluding ortho intramolecular Hbond substituents is 1. The summed E-state index contributed by atoms with van der Waals surface area (Å²) in [4.78, 5) is 0. The number of rotatable bonds is 4. The normalized spacial score (nSPS) is 15.0. The maximum atomic E-state index is 10.5. The van der Waals surface area contributed by atoms with Gasteiger partial charge in [0, 0.05) is 5.56 Å². The molecular formula is C17H22O2. The van der Waals surface area contributed by atoms with Crippen molar-refractivity contribution in [2.75, 3.05) is 7.11 Å². The van der Waals surface area contributed by atoms with E-state index in [1.807, 2.05) is 26.0 Å². The molecule has 2 rings (SSSR count). The molecule has 1 aromatic rings. The Morgan fingerprint density at radius 2 is 2.21 bits per heavy atom. The van der Waals surface area contributed by atoms with Gasteiger partial charge in [0.05, 0.1) is 12.9 Å². The predicted molar refractivity (Wildman–Crippen MR) is 79.3 cm³/mol. The second-order valence-corrected chi connectivity index (χ2v) is 5.02. The lowest BCUT2D eigenvalue weighted by Crippen LogP contribution is -1.95. The van der Waals surface area contributed by atoms with E-state index < -0.39 is 0 Å². The molecule has 0 atom stereocenters. The molecule has 102 valence electrons. The Labute approximate surface area is 115 Å². The predicted octanol–water partition coefficient (Wildman–Crippen LogP) is 4.01. The Hall–Kier alpha value is -1.70. The van der Waals surface area contributed by atoms with Crippen LogP contribution >= 0.6 is 0 Å². The van der Waals surface area contributed by atoms with Gasteiger partial charge in [-0.05, 0) is 62.3 Å². The largest absolute Gasteiger partial charge is 0.507 e. The highest BCUT2D eigenvalue weighted by Gasteiger charge is 2.19. The Morgan fingerprint density at radius 1 is 1.42 bits per heavy atom. The van der Waals surface area contributed by atoms with E-state index in [1.54, 1.807) is 7.11 Å². The minimum absolute atomic E-state index is 0.412. The van der Waals surface area contributed by atoms with Crippen LogP contribution < -0.4 is 0 Å². The Balaban J connectivity index is 2.53. The highest BCUT2D eigenvalue weighted by molar-refractivity contribution is 5.67. The summed E-state index contributed by atoms with van der Waals surface area (Å²) in [6, 6.07) is 2.16. The first-order valence-corrected chi connectivity index (χ1v) is 6.87. The second-order valence-electron chi connectivity index (χ2n) is 5.02. The average molecular weight is 258 g/mol. The highest BCUT2D eigenvalue weighted by Crippen LogP contribution is 2.36. The van der Waals surface area contributed by atoms with Crippen LogP contribution in [-0.2, 0) is 24.0 Å². The zero-order valence-corrected chi connectivity index (χ0v) is 12.0. The molecule has 2 heteroatoms. The van der Waals surface area contributed by atoms with Crippen molar-refractivity contribution in [2.45, 2.75) is 39.5 Å². The van der Waals surface area contributed by atoms with Crippen molar-refractivity contribution in [2.24, 2.45) is 0 Å².